The number of ether oxygens (including phenoxy) is 2. The van der Waals surface area contributed by atoms with E-state index < -0.39 is 11.6 Å². The Morgan fingerprint density at radius 1 is 1.33 bits per heavy atom. The number of carbonyl (C=O) groups excluding carboxylic acids is 2. The van der Waals surface area contributed by atoms with Crippen molar-refractivity contribution >= 4 is 17.7 Å². The molecule has 1 aliphatic heterocycles. The Bertz CT molecular complexity index is 595. The van der Waals surface area contributed by atoms with Gasteiger partial charge >= 0.3 is 12.1 Å². The van der Waals surface area contributed by atoms with Crippen LogP contribution in [0.4, 0.5) is 10.5 Å². The number of amides is 1. The topological polar surface area (TPSA) is 72.0 Å². The van der Waals surface area contributed by atoms with E-state index in [1.807, 2.05) is 33.9 Å². The van der Waals surface area contributed by atoms with Gasteiger partial charge in [-0.05, 0) is 39.3 Å². The quantitative estimate of drug-likeness (QED) is 0.790. The van der Waals surface area contributed by atoms with Gasteiger partial charge in [0.1, 0.15) is 11.3 Å². The molecule has 2 heterocycles. The minimum absolute atomic E-state index is 0.184. The highest BCUT2D eigenvalue weighted by Crippen LogP contribution is 2.22. The van der Waals surface area contributed by atoms with Gasteiger partial charge in [-0.15, -0.1) is 0 Å². The molecule has 0 unspecified atom stereocenters. The average molecular weight is 335 g/mol. The van der Waals surface area contributed by atoms with Gasteiger partial charge in [-0.25, -0.2) is 14.6 Å². The first-order valence-electron chi connectivity index (χ1n) is 7.96. The maximum absolute atomic E-state index is 12.1. The summed E-state index contributed by atoms with van der Waals surface area (Å²) in [6.07, 6.45) is 2.22. The van der Waals surface area contributed by atoms with Gasteiger partial charge < -0.3 is 19.3 Å². The summed E-state index contributed by atoms with van der Waals surface area (Å²) in [5.74, 6) is -0.457. The third kappa shape index (κ3) is 4.37. The number of pyridine rings is 1. The third-order valence-electron chi connectivity index (χ3n) is 3.91. The highest BCUT2D eigenvalue weighted by Gasteiger charge is 2.32. The minimum atomic E-state index is -0.491. The summed E-state index contributed by atoms with van der Waals surface area (Å²) >= 11 is 0. The van der Waals surface area contributed by atoms with Crippen molar-refractivity contribution in [1.29, 1.82) is 0 Å². The molecule has 2 rings (SSSR count). The van der Waals surface area contributed by atoms with E-state index in [0.29, 0.717) is 13.1 Å². The largest absolute Gasteiger partial charge is 0.464 e. The Morgan fingerprint density at radius 2 is 2.04 bits per heavy atom. The number of anilines is 1. The molecule has 0 N–H and O–H groups in total. The normalized spacial score (nSPS) is 17.5. The van der Waals surface area contributed by atoms with Crippen LogP contribution in [0.2, 0.25) is 0 Å². The molecule has 132 valence electrons. The lowest BCUT2D eigenvalue weighted by molar-refractivity contribution is 0.0292. The lowest BCUT2D eigenvalue weighted by Crippen LogP contribution is -2.39. The predicted molar refractivity (Wildman–Crippen MR) is 90.2 cm³/mol. The van der Waals surface area contributed by atoms with Gasteiger partial charge in [-0.3, -0.25) is 0 Å². The summed E-state index contributed by atoms with van der Waals surface area (Å²) in [6.45, 7) is 6.85. The van der Waals surface area contributed by atoms with Crippen LogP contribution in [-0.2, 0) is 9.47 Å². The van der Waals surface area contributed by atoms with Gasteiger partial charge in [-0.2, -0.15) is 0 Å². The van der Waals surface area contributed by atoms with Crippen molar-refractivity contribution in [2.45, 2.75) is 38.8 Å². The number of hydrogen-bond donors (Lipinski definition) is 0. The van der Waals surface area contributed by atoms with Crippen LogP contribution in [0, 0.1) is 0 Å². The van der Waals surface area contributed by atoms with Crippen molar-refractivity contribution in [2.24, 2.45) is 0 Å². The van der Waals surface area contributed by atoms with Crippen LogP contribution in [-0.4, -0.2) is 60.8 Å². The molecule has 7 heteroatoms. The van der Waals surface area contributed by atoms with Crippen LogP contribution >= 0.6 is 0 Å². The summed E-state index contributed by atoms with van der Waals surface area (Å²) < 4.78 is 10.1. The maximum atomic E-state index is 12.1. The van der Waals surface area contributed by atoms with Crippen molar-refractivity contribution in [3.05, 3.63) is 24.0 Å². The van der Waals surface area contributed by atoms with Crippen LogP contribution in [0.3, 0.4) is 0 Å². The molecule has 1 atom stereocenters. The first-order valence-corrected chi connectivity index (χ1v) is 7.96. The van der Waals surface area contributed by atoms with Crippen molar-refractivity contribution in [3.63, 3.8) is 0 Å². The second-order valence-electron chi connectivity index (χ2n) is 6.87. The number of likely N-dealkylation sites (tertiary alicyclic amines) is 1. The van der Waals surface area contributed by atoms with Crippen molar-refractivity contribution in [2.75, 3.05) is 32.1 Å². The zero-order valence-corrected chi connectivity index (χ0v) is 14.9. The third-order valence-corrected chi connectivity index (χ3v) is 3.91. The molecule has 1 aromatic heterocycles. The molecule has 0 radical (unpaired) electrons. The van der Waals surface area contributed by atoms with Crippen molar-refractivity contribution < 1.29 is 19.1 Å². The van der Waals surface area contributed by atoms with Crippen LogP contribution in [0.25, 0.3) is 0 Å². The maximum Gasteiger partial charge on any atom is 0.410 e. The molecule has 0 saturated carbocycles. The Labute approximate surface area is 142 Å². The SMILES string of the molecule is COC(=O)c1ccc(N(C)[C@@H]2CCN(C(=O)OC(C)(C)C)C2)cn1. The van der Waals surface area contributed by atoms with Crippen LogP contribution in [0.15, 0.2) is 18.3 Å². The number of aromatic nitrogens is 1. The molecule has 1 aromatic rings. The highest BCUT2D eigenvalue weighted by molar-refractivity contribution is 5.87. The fourth-order valence-electron chi connectivity index (χ4n) is 2.58. The zero-order chi connectivity index (χ0) is 17.9. The fraction of sp³-hybridized carbons (Fsp3) is 0.588. The van der Waals surface area contributed by atoms with Crippen molar-refractivity contribution in [3.8, 4) is 0 Å². The Balaban J connectivity index is 1.97. The van der Waals surface area contributed by atoms with Crippen LogP contribution in [0.1, 0.15) is 37.7 Å². The zero-order valence-electron chi connectivity index (χ0n) is 14.9. The second-order valence-corrected chi connectivity index (χ2v) is 6.87. The summed E-state index contributed by atoms with van der Waals surface area (Å²) in [5.41, 5.74) is 0.671. The van der Waals surface area contributed by atoms with Crippen LogP contribution < -0.4 is 4.90 Å². The Morgan fingerprint density at radius 3 is 2.58 bits per heavy atom. The van der Waals surface area contributed by atoms with E-state index in [1.54, 1.807) is 17.2 Å². The van der Waals surface area contributed by atoms with Gasteiger partial charge in [0.05, 0.1) is 19.0 Å². The monoisotopic (exact) mass is 335 g/mol. The van der Waals surface area contributed by atoms with Gasteiger partial charge in [-0.1, -0.05) is 0 Å². The number of rotatable bonds is 3. The molecular formula is C17H25N3O4. The standard InChI is InChI=1S/C17H25N3O4/c1-17(2,3)24-16(22)20-9-8-13(11-20)19(4)12-6-7-14(18-10-12)15(21)23-5/h6-7,10,13H,8-9,11H2,1-5H3/t13-/m1/s1. The van der Waals surface area contributed by atoms with Crippen LogP contribution in [0.5, 0.6) is 0 Å². The molecule has 1 saturated heterocycles. The average Bonchev–Trinajstić information content (AvgIpc) is 3.02. The fourth-order valence-corrected chi connectivity index (χ4v) is 2.58. The van der Waals surface area contributed by atoms with Gasteiger partial charge in [0.15, 0.2) is 0 Å². The second kappa shape index (κ2) is 7.07. The lowest BCUT2D eigenvalue weighted by atomic mass is 10.2. The summed E-state index contributed by atoms with van der Waals surface area (Å²) in [6, 6.07) is 3.65. The van der Waals surface area contributed by atoms with Gasteiger partial charge in [0, 0.05) is 26.2 Å². The van der Waals surface area contributed by atoms with Gasteiger partial charge in [0.25, 0.3) is 0 Å². The molecule has 1 amide bonds. The molecule has 1 fully saturated rings. The molecule has 0 spiro atoms. The lowest BCUT2D eigenvalue weighted by Gasteiger charge is -2.27. The molecule has 0 aromatic carbocycles. The molecular weight excluding hydrogens is 310 g/mol. The number of nitrogens with zero attached hydrogens (tertiary/aromatic N) is 3. The van der Waals surface area contributed by atoms with E-state index in [1.165, 1.54) is 7.11 Å². The van der Waals surface area contributed by atoms with E-state index in [0.717, 1.165) is 12.1 Å². The summed E-state index contributed by atoms with van der Waals surface area (Å²) in [7, 11) is 3.28. The molecule has 0 aliphatic carbocycles. The number of esters is 1. The first kappa shape index (κ1) is 18.0. The van der Waals surface area contributed by atoms with E-state index in [4.69, 9.17) is 4.74 Å². The summed E-state index contributed by atoms with van der Waals surface area (Å²) in [4.78, 5) is 31.5. The number of likely N-dealkylation sites (N-methyl/N-ethyl adjacent to an activating group) is 1. The number of methoxy groups -OCH3 is 1. The predicted octanol–water partition coefficient (Wildman–Crippen LogP) is 2.31. The minimum Gasteiger partial charge on any atom is -0.464 e. The number of carbonyl (C=O) groups is 2. The van der Waals surface area contributed by atoms with E-state index in [2.05, 4.69) is 14.6 Å². The Hall–Kier alpha value is -2.31. The smallest absolute Gasteiger partial charge is 0.410 e. The number of hydrogen-bond acceptors (Lipinski definition) is 6. The summed E-state index contributed by atoms with van der Waals surface area (Å²) in [5, 5.41) is 0. The highest BCUT2D eigenvalue weighted by atomic mass is 16.6. The van der Waals surface area contributed by atoms with Gasteiger partial charge in [0.2, 0.25) is 0 Å². The van der Waals surface area contributed by atoms with Crippen molar-refractivity contribution in [1.82, 2.24) is 9.88 Å². The molecule has 24 heavy (non-hydrogen) atoms. The Kier molecular flexibility index (Phi) is 5.31. The van der Waals surface area contributed by atoms with E-state index in [9.17, 15) is 9.59 Å². The first-order chi connectivity index (χ1) is 11.2. The van der Waals surface area contributed by atoms with E-state index in [-0.39, 0.29) is 17.8 Å². The molecule has 0 bridgehead atoms. The molecule has 7 nitrogen and oxygen atoms in total. The molecule has 1 aliphatic rings. The van der Waals surface area contributed by atoms with E-state index >= 15 is 0 Å².